The molecule has 1 unspecified atom stereocenters. The zero-order valence-electron chi connectivity index (χ0n) is 15.7. The fourth-order valence-electron chi connectivity index (χ4n) is 2.93. The van der Waals surface area contributed by atoms with Gasteiger partial charge in [0.1, 0.15) is 6.61 Å². The Kier molecular flexibility index (Phi) is 6.39. The van der Waals surface area contributed by atoms with Crippen LogP contribution in [0.15, 0.2) is 42.5 Å². The molecule has 0 bridgehead atoms. The molecule has 1 atom stereocenters. The van der Waals surface area contributed by atoms with Crippen LogP contribution in [0.25, 0.3) is 0 Å². The first-order valence-electron chi connectivity index (χ1n) is 8.63. The molecular formula is C21H25NO4. The zero-order chi connectivity index (χ0) is 19.3. The van der Waals surface area contributed by atoms with E-state index in [0.29, 0.717) is 5.56 Å². The molecule has 2 aromatic carbocycles. The highest BCUT2D eigenvalue weighted by Crippen LogP contribution is 2.27. The summed E-state index contributed by atoms with van der Waals surface area (Å²) in [5.41, 5.74) is 4.38. The van der Waals surface area contributed by atoms with Gasteiger partial charge in [0.05, 0.1) is 0 Å². The van der Waals surface area contributed by atoms with Gasteiger partial charge in [-0.2, -0.15) is 0 Å². The summed E-state index contributed by atoms with van der Waals surface area (Å²) in [7, 11) is 0. The standard InChI is InChI=1S/C21H25NO4/c1-5-22(21(25)26-13-17-9-7-6-8-10-17)19(20(23)24)18-12-15(3)14(2)11-16(18)4/h6-12,19H,5,13H2,1-4H3,(H,23,24). The molecule has 0 aliphatic heterocycles. The topological polar surface area (TPSA) is 66.8 Å². The number of benzene rings is 2. The lowest BCUT2D eigenvalue weighted by Crippen LogP contribution is -2.39. The van der Waals surface area contributed by atoms with Crippen molar-refractivity contribution >= 4 is 12.1 Å². The van der Waals surface area contributed by atoms with Crippen LogP contribution >= 0.6 is 0 Å². The van der Waals surface area contributed by atoms with Crippen LogP contribution < -0.4 is 0 Å². The number of hydrogen-bond acceptors (Lipinski definition) is 3. The van der Waals surface area contributed by atoms with Crippen LogP contribution in [0.2, 0.25) is 0 Å². The second kappa shape index (κ2) is 8.52. The van der Waals surface area contributed by atoms with Crippen LogP contribution in [0.5, 0.6) is 0 Å². The van der Waals surface area contributed by atoms with Crippen LogP contribution in [0, 0.1) is 20.8 Å². The van der Waals surface area contributed by atoms with Gasteiger partial charge in [-0.25, -0.2) is 9.59 Å². The molecule has 0 saturated heterocycles. The van der Waals surface area contributed by atoms with Gasteiger partial charge in [0.25, 0.3) is 0 Å². The summed E-state index contributed by atoms with van der Waals surface area (Å²) in [4.78, 5) is 25.8. The number of carboxylic acids is 1. The lowest BCUT2D eigenvalue weighted by atomic mass is 9.95. The van der Waals surface area contributed by atoms with Crippen molar-refractivity contribution in [2.45, 2.75) is 40.3 Å². The summed E-state index contributed by atoms with van der Waals surface area (Å²) in [6.07, 6.45) is -0.638. The molecule has 0 saturated carbocycles. The second-order valence-electron chi connectivity index (χ2n) is 6.36. The average molecular weight is 355 g/mol. The quantitative estimate of drug-likeness (QED) is 0.834. The van der Waals surface area contributed by atoms with Crippen molar-refractivity contribution in [2.24, 2.45) is 0 Å². The van der Waals surface area contributed by atoms with Gasteiger partial charge < -0.3 is 9.84 Å². The summed E-state index contributed by atoms with van der Waals surface area (Å²) < 4.78 is 5.35. The van der Waals surface area contributed by atoms with Gasteiger partial charge in [0.2, 0.25) is 0 Å². The predicted octanol–water partition coefficient (Wildman–Crippen LogP) is 4.40. The lowest BCUT2D eigenvalue weighted by Gasteiger charge is -2.29. The smallest absolute Gasteiger partial charge is 0.411 e. The van der Waals surface area contributed by atoms with E-state index in [-0.39, 0.29) is 13.2 Å². The summed E-state index contributed by atoms with van der Waals surface area (Å²) >= 11 is 0. The third kappa shape index (κ3) is 4.42. The van der Waals surface area contributed by atoms with Crippen molar-refractivity contribution in [2.75, 3.05) is 6.54 Å². The third-order valence-electron chi connectivity index (χ3n) is 4.50. The molecule has 0 aliphatic carbocycles. The number of nitrogens with zero attached hydrogens (tertiary/aromatic N) is 1. The van der Waals surface area contributed by atoms with Gasteiger partial charge in [-0.1, -0.05) is 42.5 Å². The van der Waals surface area contributed by atoms with Gasteiger partial charge in [-0.3, -0.25) is 4.90 Å². The number of carbonyl (C=O) groups excluding carboxylic acids is 1. The van der Waals surface area contributed by atoms with Gasteiger partial charge in [0, 0.05) is 6.54 Å². The second-order valence-corrected chi connectivity index (χ2v) is 6.36. The molecule has 1 N–H and O–H groups in total. The van der Waals surface area contributed by atoms with E-state index < -0.39 is 18.1 Å². The van der Waals surface area contributed by atoms with Crippen LogP contribution in [0.3, 0.4) is 0 Å². The molecule has 0 aliphatic rings. The Balaban J connectivity index is 2.27. The Hall–Kier alpha value is -2.82. The average Bonchev–Trinajstić information content (AvgIpc) is 2.61. The van der Waals surface area contributed by atoms with E-state index in [4.69, 9.17) is 4.74 Å². The number of aliphatic carboxylic acids is 1. The van der Waals surface area contributed by atoms with E-state index in [1.54, 1.807) is 6.92 Å². The molecule has 0 radical (unpaired) electrons. The summed E-state index contributed by atoms with van der Waals surface area (Å²) in [5, 5.41) is 9.80. The van der Waals surface area contributed by atoms with Crippen molar-refractivity contribution in [3.05, 3.63) is 70.3 Å². The first-order chi connectivity index (χ1) is 12.3. The molecule has 1 amide bonds. The Labute approximate surface area is 154 Å². The minimum Gasteiger partial charge on any atom is -0.479 e. The molecule has 5 heteroatoms. The lowest BCUT2D eigenvalue weighted by molar-refractivity contribution is -0.143. The Morgan fingerprint density at radius 3 is 2.23 bits per heavy atom. The molecule has 5 nitrogen and oxygen atoms in total. The molecule has 2 rings (SSSR count). The maximum absolute atomic E-state index is 12.6. The molecule has 26 heavy (non-hydrogen) atoms. The Morgan fingerprint density at radius 1 is 1.04 bits per heavy atom. The van der Waals surface area contributed by atoms with Gasteiger partial charge >= 0.3 is 12.1 Å². The first-order valence-corrected chi connectivity index (χ1v) is 8.63. The number of amides is 1. The number of likely N-dealkylation sites (N-methyl/N-ethyl adjacent to an activating group) is 1. The monoisotopic (exact) mass is 355 g/mol. The highest BCUT2D eigenvalue weighted by atomic mass is 16.6. The van der Waals surface area contributed by atoms with Gasteiger partial charge in [-0.05, 0) is 55.5 Å². The van der Waals surface area contributed by atoms with E-state index in [9.17, 15) is 14.7 Å². The van der Waals surface area contributed by atoms with Gasteiger partial charge in [-0.15, -0.1) is 0 Å². The van der Waals surface area contributed by atoms with Gasteiger partial charge in [0.15, 0.2) is 6.04 Å². The maximum Gasteiger partial charge on any atom is 0.411 e. The highest BCUT2D eigenvalue weighted by Gasteiger charge is 2.32. The summed E-state index contributed by atoms with van der Waals surface area (Å²) in [6, 6.07) is 12.0. The van der Waals surface area contributed by atoms with E-state index in [0.717, 1.165) is 22.3 Å². The van der Waals surface area contributed by atoms with Crippen molar-refractivity contribution in [1.29, 1.82) is 0 Å². The molecule has 0 heterocycles. The van der Waals surface area contributed by atoms with Crippen LogP contribution in [0.4, 0.5) is 4.79 Å². The van der Waals surface area contributed by atoms with Crippen molar-refractivity contribution < 1.29 is 19.4 Å². The largest absolute Gasteiger partial charge is 0.479 e. The SMILES string of the molecule is CCN(C(=O)OCc1ccccc1)C(C(=O)O)c1cc(C)c(C)cc1C. The number of aryl methyl sites for hydroxylation is 3. The summed E-state index contributed by atoms with van der Waals surface area (Å²) in [5.74, 6) is -1.07. The number of carboxylic acid groups (broad SMARTS) is 1. The number of hydrogen-bond donors (Lipinski definition) is 1. The minimum atomic E-state index is -1.08. The molecule has 2 aromatic rings. The fourth-order valence-corrected chi connectivity index (χ4v) is 2.93. The van der Waals surface area contributed by atoms with E-state index >= 15 is 0 Å². The van der Waals surface area contributed by atoms with Crippen LogP contribution in [-0.4, -0.2) is 28.6 Å². The van der Waals surface area contributed by atoms with Crippen LogP contribution in [-0.2, 0) is 16.1 Å². The molecule has 0 aromatic heterocycles. The van der Waals surface area contributed by atoms with Crippen molar-refractivity contribution in [3.63, 3.8) is 0 Å². The zero-order valence-corrected chi connectivity index (χ0v) is 15.7. The molecule has 138 valence electrons. The fraction of sp³-hybridized carbons (Fsp3) is 0.333. The van der Waals surface area contributed by atoms with Crippen LogP contribution in [0.1, 0.15) is 40.8 Å². The maximum atomic E-state index is 12.6. The van der Waals surface area contributed by atoms with Crippen molar-refractivity contribution in [1.82, 2.24) is 4.90 Å². The Morgan fingerprint density at radius 2 is 1.65 bits per heavy atom. The van der Waals surface area contributed by atoms with Crippen molar-refractivity contribution in [3.8, 4) is 0 Å². The normalized spacial score (nSPS) is 11.7. The third-order valence-corrected chi connectivity index (χ3v) is 4.50. The number of carbonyl (C=O) groups is 2. The number of rotatable bonds is 6. The predicted molar refractivity (Wildman–Crippen MR) is 100 cm³/mol. The Bertz CT molecular complexity index is 786. The first kappa shape index (κ1) is 19.5. The molecule has 0 spiro atoms. The molecule has 0 fully saturated rings. The molecular weight excluding hydrogens is 330 g/mol. The number of ether oxygens (including phenoxy) is 1. The van der Waals surface area contributed by atoms with E-state index in [2.05, 4.69) is 0 Å². The highest BCUT2D eigenvalue weighted by molar-refractivity contribution is 5.82. The van der Waals surface area contributed by atoms with E-state index in [1.165, 1.54) is 4.90 Å². The summed E-state index contributed by atoms with van der Waals surface area (Å²) in [6.45, 7) is 7.86. The van der Waals surface area contributed by atoms with E-state index in [1.807, 2.05) is 63.2 Å². The minimum absolute atomic E-state index is 0.106.